The third-order valence-electron chi connectivity index (χ3n) is 4.93. The van der Waals surface area contributed by atoms with Crippen molar-refractivity contribution >= 4 is 11.6 Å². The fourth-order valence-electron chi connectivity index (χ4n) is 3.50. The van der Waals surface area contributed by atoms with Crippen molar-refractivity contribution < 1.29 is 4.79 Å². The molecule has 2 aliphatic heterocycles. The lowest BCUT2D eigenvalue weighted by Gasteiger charge is -2.36. The molecule has 0 aliphatic carbocycles. The van der Waals surface area contributed by atoms with Crippen molar-refractivity contribution in [2.24, 2.45) is 0 Å². The molecular weight excluding hydrogens is 262 g/mol. The van der Waals surface area contributed by atoms with Crippen LogP contribution in [0.4, 0.5) is 5.69 Å². The molecule has 2 fully saturated rings. The van der Waals surface area contributed by atoms with E-state index in [1.165, 1.54) is 25.9 Å². The van der Waals surface area contributed by atoms with Crippen molar-refractivity contribution in [1.29, 1.82) is 0 Å². The number of aryl methyl sites for hydroxylation is 1. The molecule has 1 aromatic carbocycles. The molecule has 0 aromatic heterocycles. The Hall–Kier alpha value is -1.55. The molecule has 2 aliphatic rings. The van der Waals surface area contributed by atoms with Gasteiger partial charge in [-0.3, -0.25) is 4.79 Å². The SMILES string of the molecule is Cc1ccc(C(=O)N2CCC(N3CCCC3)CC2)cc1N. The van der Waals surface area contributed by atoms with Crippen LogP contribution in [0.25, 0.3) is 0 Å². The van der Waals surface area contributed by atoms with E-state index < -0.39 is 0 Å². The van der Waals surface area contributed by atoms with Gasteiger partial charge in [0.1, 0.15) is 0 Å². The zero-order valence-electron chi connectivity index (χ0n) is 12.8. The van der Waals surface area contributed by atoms with Crippen LogP contribution in [0.1, 0.15) is 41.6 Å². The highest BCUT2D eigenvalue weighted by atomic mass is 16.2. The summed E-state index contributed by atoms with van der Waals surface area (Å²) in [6.07, 6.45) is 4.88. The van der Waals surface area contributed by atoms with Gasteiger partial charge in [0.25, 0.3) is 5.91 Å². The van der Waals surface area contributed by atoms with E-state index in [-0.39, 0.29) is 5.91 Å². The molecule has 1 aromatic rings. The van der Waals surface area contributed by atoms with E-state index in [0.29, 0.717) is 11.7 Å². The third-order valence-corrected chi connectivity index (χ3v) is 4.93. The molecule has 2 heterocycles. The molecule has 2 saturated heterocycles. The molecule has 2 N–H and O–H groups in total. The first-order valence-electron chi connectivity index (χ1n) is 8.04. The summed E-state index contributed by atoms with van der Waals surface area (Å²) in [6, 6.07) is 6.31. The number of hydrogen-bond acceptors (Lipinski definition) is 3. The maximum Gasteiger partial charge on any atom is 0.253 e. The predicted molar refractivity (Wildman–Crippen MR) is 85.3 cm³/mol. The fourth-order valence-corrected chi connectivity index (χ4v) is 3.50. The van der Waals surface area contributed by atoms with Crippen LogP contribution in [0.5, 0.6) is 0 Å². The Kier molecular flexibility index (Phi) is 4.15. The molecule has 0 atom stereocenters. The maximum atomic E-state index is 12.5. The fraction of sp³-hybridized carbons (Fsp3) is 0.588. The topological polar surface area (TPSA) is 49.6 Å². The number of nitrogen functional groups attached to an aromatic ring is 1. The van der Waals surface area contributed by atoms with Crippen LogP contribution in [0.2, 0.25) is 0 Å². The summed E-state index contributed by atoms with van der Waals surface area (Å²) in [7, 11) is 0. The van der Waals surface area contributed by atoms with E-state index in [4.69, 9.17) is 5.73 Å². The highest BCUT2D eigenvalue weighted by molar-refractivity contribution is 5.95. The van der Waals surface area contributed by atoms with Crippen LogP contribution in [0, 0.1) is 6.92 Å². The van der Waals surface area contributed by atoms with Gasteiger partial charge in [-0.15, -0.1) is 0 Å². The Morgan fingerprint density at radius 2 is 1.81 bits per heavy atom. The van der Waals surface area contributed by atoms with Crippen molar-refractivity contribution in [3.63, 3.8) is 0 Å². The number of carbonyl (C=O) groups is 1. The number of piperidine rings is 1. The van der Waals surface area contributed by atoms with E-state index in [9.17, 15) is 4.79 Å². The third kappa shape index (κ3) is 3.05. The average molecular weight is 287 g/mol. The summed E-state index contributed by atoms with van der Waals surface area (Å²) in [5.41, 5.74) is 8.36. The number of hydrogen-bond donors (Lipinski definition) is 1. The van der Waals surface area contributed by atoms with Gasteiger partial charge in [-0.2, -0.15) is 0 Å². The molecule has 1 amide bonds. The number of amides is 1. The van der Waals surface area contributed by atoms with Crippen molar-refractivity contribution in [3.8, 4) is 0 Å². The highest BCUT2D eigenvalue weighted by Crippen LogP contribution is 2.23. The van der Waals surface area contributed by atoms with Crippen molar-refractivity contribution in [1.82, 2.24) is 9.80 Å². The van der Waals surface area contributed by atoms with Gasteiger partial charge in [-0.1, -0.05) is 6.07 Å². The zero-order chi connectivity index (χ0) is 14.8. The minimum absolute atomic E-state index is 0.126. The first kappa shape index (κ1) is 14.4. The summed E-state index contributed by atoms with van der Waals surface area (Å²) in [5, 5.41) is 0. The molecule has 0 bridgehead atoms. The Bertz CT molecular complexity index is 515. The van der Waals surface area contributed by atoms with Gasteiger partial charge in [0, 0.05) is 30.4 Å². The van der Waals surface area contributed by atoms with E-state index in [2.05, 4.69) is 4.90 Å². The molecule has 0 spiro atoms. The standard InChI is InChI=1S/C17H25N3O/c1-13-4-5-14(12-16(13)18)17(21)20-10-6-15(7-11-20)19-8-2-3-9-19/h4-5,12,15H,2-3,6-11,18H2,1H3. The smallest absolute Gasteiger partial charge is 0.253 e. The quantitative estimate of drug-likeness (QED) is 0.849. The van der Waals surface area contributed by atoms with Gasteiger partial charge in [0.05, 0.1) is 0 Å². The highest BCUT2D eigenvalue weighted by Gasteiger charge is 2.28. The van der Waals surface area contributed by atoms with Crippen molar-refractivity contribution in [2.75, 3.05) is 31.9 Å². The minimum atomic E-state index is 0.126. The lowest BCUT2D eigenvalue weighted by Crippen LogP contribution is -2.45. The van der Waals surface area contributed by atoms with Gasteiger partial charge in [0.2, 0.25) is 0 Å². The average Bonchev–Trinajstić information content (AvgIpc) is 3.04. The molecule has 21 heavy (non-hydrogen) atoms. The second-order valence-corrected chi connectivity index (χ2v) is 6.34. The number of anilines is 1. The second-order valence-electron chi connectivity index (χ2n) is 6.34. The Morgan fingerprint density at radius 1 is 1.14 bits per heavy atom. The van der Waals surface area contributed by atoms with Crippen LogP contribution in [0.15, 0.2) is 18.2 Å². The van der Waals surface area contributed by atoms with E-state index >= 15 is 0 Å². The minimum Gasteiger partial charge on any atom is -0.398 e. The molecule has 114 valence electrons. The van der Waals surface area contributed by atoms with Crippen molar-refractivity contribution in [3.05, 3.63) is 29.3 Å². The summed E-state index contributed by atoms with van der Waals surface area (Å²) in [4.78, 5) is 17.1. The largest absolute Gasteiger partial charge is 0.398 e. The Balaban J connectivity index is 1.60. The molecule has 4 nitrogen and oxygen atoms in total. The maximum absolute atomic E-state index is 12.5. The van der Waals surface area contributed by atoms with Crippen LogP contribution < -0.4 is 5.73 Å². The lowest BCUT2D eigenvalue weighted by atomic mass is 10.0. The van der Waals surface area contributed by atoms with E-state index in [1.54, 1.807) is 0 Å². The lowest BCUT2D eigenvalue weighted by molar-refractivity contribution is 0.0644. The number of likely N-dealkylation sites (tertiary alicyclic amines) is 2. The number of benzene rings is 1. The number of nitrogens with two attached hydrogens (primary N) is 1. The van der Waals surface area contributed by atoms with Crippen molar-refractivity contribution in [2.45, 2.75) is 38.6 Å². The first-order valence-corrected chi connectivity index (χ1v) is 8.04. The van der Waals surface area contributed by atoms with Crippen LogP contribution >= 0.6 is 0 Å². The number of nitrogens with zero attached hydrogens (tertiary/aromatic N) is 2. The number of rotatable bonds is 2. The van der Waals surface area contributed by atoms with Gasteiger partial charge >= 0.3 is 0 Å². The Labute approximate surface area is 126 Å². The Morgan fingerprint density at radius 3 is 2.43 bits per heavy atom. The van der Waals surface area contributed by atoms with Crippen LogP contribution in [-0.2, 0) is 0 Å². The normalized spacial score (nSPS) is 20.9. The molecular formula is C17H25N3O. The molecule has 4 heteroatoms. The molecule has 0 saturated carbocycles. The summed E-state index contributed by atoms with van der Waals surface area (Å²) < 4.78 is 0. The predicted octanol–water partition coefficient (Wildman–Crippen LogP) is 2.28. The zero-order valence-corrected chi connectivity index (χ0v) is 12.8. The van der Waals surface area contributed by atoms with Gasteiger partial charge < -0.3 is 15.5 Å². The summed E-state index contributed by atoms with van der Waals surface area (Å²) in [5.74, 6) is 0.126. The molecule has 3 rings (SSSR count). The second kappa shape index (κ2) is 6.06. The van der Waals surface area contributed by atoms with Crippen LogP contribution in [0.3, 0.4) is 0 Å². The molecule has 0 unspecified atom stereocenters. The number of carbonyl (C=O) groups excluding carboxylic acids is 1. The van der Waals surface area contributed by atoms with E-state index in [0.717, 1.165) is 37.1 Å². The van der Waals surface area contributed by atoms with Gasteiger partial charge in [0.15, 0.2) is 0 Å². The van der Waals surface area contributed by atoms with Gasteiger partial charge in [-0.05, 0) is 63.4 Å². The summed E-state index contributed by atoms with van der Waals surface area (Å²) >= 11 is 0. The molecule has 0 radical (unpaired) electrons. The van der Waals surface area contributed by atoms with E-state index in [1.807, 2.05) is 30.0 Å². The van der Waals surface area contributed by atoms with Crippen LogP contribution in [-0.4, -0.2) is 47.9 Å². The monoisotopic (exact) mass is 287 g/mol. The van der Waals surface area contributed by atoms with Gasteiger partial charge in [-0.25, -0.2) is 0 Å². The summed E-state index contributed by atoms with van der Waals surface area (Å²) in [6.45, 7) is 6.19. The first-order chi connectivity index (χ1) is 10.1.